The van der Waals surface area contributed by atoms with Gasteiger partial charge in [0.2, 0.25) is 11.8 Å². The largest absolute Gasteiger partial charge is 0.497 e. The standard InChI is InChI=1S/C26H32Cl2N2O4/c1-18(26(32)29-19-7-3-4-8-19)30(17-22-23(27)9-5-10-24(22)28)25(31)11-6-16-34-21-14-12-20(33-2)13-15-21/h5,9-10,12-15,18-19H,3-4,6-8,11,16-17H2,1-2H3,(H,29,32). The first-order chi connectivity index (χ1) is 16.4. The highest BCUT2D eigenvalue weighted by Crippen LogP contribution is 2.27. The number of carbonyl (C=O) groups is 2. The molecule has 184 valence electrons. The fourth-order valence-electron chi connectivity index (χ4n) is 4.06. The van der Waals surface area contributed by atoms with Crippen molar-refractivity contribution in [3.8, 4) is 11.5 Å². The van der Waals surface area contributed by atoms with E-state index in [1.165, 1.54) is 0 Å². The average Bonchev–Trinajstić information content (AvgIpc) is 3.34. The minimum Gasteiger partial charge on any atom is -0.497 e. The number of amides is 2. The van der Waals surface area contributed by atoms with Crippen molar-refractivity contribution >= 4 is 35.0 Å². The molecular weight excluding hydrogens is 475 g/mol. The third-order valence-electron chi connectivity index (χ3n) is 6.12. The van der Waals surface area contributed by atoms with Crippen LogP contribution in [-0.4, -0.2) is 42.5 Å². The molecule has 2 aromatic carbocycles. The highest BCUT2D eigenvalue weighted by molar-refractivity contribution is 6.36. The zero-order valence-electron chi connectivity index (χ0n) is 19.7. The summed E-state index contributed by atoms with van der Waals surface area (Å²) >= 11 is 12.7. The molecule has 1 fully saturated rings. The maximum atomic E-state index is 13.2. The zero-order valence-corrected chi connectivity index (χ0v) is 21.2. The molecule has 0 spiro atoms. The van der Waals surface area contributed by atoms with Gasteiger partial charge in [-0.3, -0.25) is 9.59 Å². The molecule has 2 aromatic rings. The number of halogens is 2. The van der Waals surface area contributed by atoms with Crippen LogP contribution in [0.15, 0.2) is 42.5 Å². The molecule has 1 aliphatic carbocycles. The second kappa shape index (κ2) is 12.9. The van der Waals surface area contributed by atoms with Crippen LogP contribution in [0.4, 0.5) is 0 Å². The molecule has 0 saturated heterocycles. The lowest BCUT2D eigenvalue weighted by molar-refractivity contribution is -0.141. The van der Waals surface area contributed by atoms with Gasteiger partial charge in [0, 0.05) is 34.6 Å². The Hall–Kier alpha value is -2.44. The van der Waals surface area contributed by atoms with Crippen molar-refractivity contribution < 1.29 is 19.1 Å². The Balaban J connectivity index is 1.63. The van der Waals surface area contributed by atoms with E-state index in [9.17, 15) is 9.59 Å². The molecule has 0 heterocycles. The number of rotatable bonds is 11. The van der Waals surface area contributed by atoms with Crippen LogP contribution in [0.25, 0.3) is 0 Å². The summed E-state index contributed by atoms with van der Waals surface area (Å²) in [5, 5.41) is 4.03. The van der Waals surface area contributed by atoms with E-state index in [1.807, 2.05) is 24.3 Å². The molecule has 0 radical (unpaired) electrons. The molecule has 8 heteroatoms. The van der Waals surface area contributed by atoms with Gasteiger partial charge >= 0.3 is 0 Å². The lowest BCUT2D eigenvalue weighted by Gasteiger charge is -2.30. The van der Waals surface area contributed by atoms with E-state index < -0.39 is 6.04 Å². The van der Waals surface area contributed by atoms with Gasteiger partial charge in [-0.15, -0.1) is 0 Å². The summed E-state index contributed by atoms with van der Waals surface area (Å²) in [7, 11) is 1.61. The first-order valence-electron chi connectivity index (χ1n) is 11.7. The normalized spacial score (nSPS) is 14.5. The summed E-state index contributed by atoms with van der Waals surface area (Å²) in [5.41, 5.74) is 0.634. The fourth-order valence-corrected chi connectivity index (χ4v) is 4.57. The second-order valence-electron chi connectivity index (χ2n) is 8.52. The maximum Gasteiger partial charge on any atom is 0.242 e. The molecule has 2 amide bonds. The van der Waals surface area contributed by atoms with Gasteiger partial charge in [-0.2, -0.15) is 0 Å². The van der Waals surface area contributed by atoms with Crippen LogP contribution in [0.3, 0.4) is 0 Å². The summed E-state index contributed by atoms with van der Waals surface area (Å²) in [6.45, 7) is 2.29. The van der Waals surface area contributed by atoms with Crippen molar-refractivity contribution in [1.82, 2.24) is 10.2 Å². The van der Waals surface area contributed by atoms with E-state index >= 15 is 0 Å². The van der Waals surface area contributed by atoms with Gasteiger partial charge in [0.1, 0.15) is 17.5 Å². The minimum absolute atomic E-state index is 0.150. The van der Waals surface area contributed by atoms with Gasteiger partial charge in [-0.1, -0.05) is 42.1 Å². The molecule has 0 bridgehead atoms. The van der Waals surface area contributed by atoms with Crippen LogP contribution in [0, 0.1) is 0 Å². The monoisotopic (exact) mass is 506 g/mol. The maximum absolute atomic E-state index is 13.2. The van der Waals surface area contributed by atoms with Crippen molar-refractivity contribution in [1.29, 1.82) is 0 Å². The molecule has 1 N–H and O–H groups in total. The van der Waals surface area contributed by atoms with Gasteiger partial charge in [-0.25, -0.2) is 0 Å². The first-order valence-corrected chi connectivity index (χ1v) is 12.4. The summed E-state index contributed by atoms with van der Waals surface area (Å²) < 4.78 is 10.9. The van der Waals surface area contributed by atoms with Crippen molar-refractivity contribution in [3.05, 3.63) is 58.1 Å². The van der Waals surface area contributed by atoms with E-state index in [-0.39, 0.29) is 30.8 Å². The Bertz CT molecular complexity index is 942. The number of carbonyl (C=O) groups excluding carboxylic acids is 2. The summed E-state index contributed by atoms with van der Waals surface area (Å²) in [5.74, 6) is 1.15. The van der Waals surface area contributed by atoms with Gasteiger partial charge in [0.25, 0.3) is 0 Å². The molecule has 6 nitrogen and oxygen atoms in total. The Labute approximate surface area is 211 Å². The number of hydrogen-bond donors (Lipinski definition) is 1. The van der Waals surface area contributed by atoms with Crippen LogP contribution in [0.2, 0.25) is 10.0 Å². The average molecular weight is 507 g/mol. The quantitative estimate of drug-likeness (QED) is 0.400. The molecule has 3 rings (SSSR count). The van der Waals surface area contributed by atoms with E-state index in [2.05, 4.69) is 5.32 Å². The Kier molecular flexibility index (Phi) is 9.90. The summed E-state index contributed by atoms with van der Waals surface area (Å²) in [6, 6.07) is 12.0. The number of methoxy groups -OCH3 is 1. The van der Waals surface area contributed by atoms with Crippen LogP contribution < -0.4 is 14.8 Å². The van der Waals surface area contributed by atoms with Gasteiger partial charge in [0.05, 0.1) is 13.7 Å². The number of nitrogens with one attached hydrogen (secondary N) is 1. The molecule has 0 aromatic heterocycles. The predicted molar refractivity (Wildman–Crippen MR) is 135 cm³/mol. The van der Waals surface area contributed by atoms with Gasteiger partial charge in [-0.05, 0) is 62.6 Å². The Morgan fingerprint density at radius 2 is 1.68 bits per heavy atom. The fraction of sp³-hybridized carbons (Fsp3) is 0.462. The highest BCUT2D eigenvalue weighted by Gasteiger charge is 2.29. The lowest BCUT2D eigenvalue weighted by Crippen LogP contribution is -2.49. The minimum atomic E-state index is -0.650. The van der Waals surface area contributed by atoms with Gasteiger partial charge < -0.3 is 19.7 Å². The Morgan fingerprint density at radius 1 is 1.06 bits per heavy atom. The molecular formula is C26H32Cl2N2O4. The number of nitrogens with zero attached hydrogens (tertiary/aromatic N) is 1. The lowest BCUT2D eigenvalue weighted by atomic mass is 10.1. The van der Waals surface area contributed by atoms with Crippen LogP contribution in [0.1, 0.15) is 51.0 Å². The van der Waals surface area contributed by atoms with E-state index in [0.29, 0.717) is 34.4 Å². The van der Waals surface area contributed by atoms with E-state index in [4.69, 9.17) is 32.7 Å². The molecule has 1 saturated carbocycles. The van der Waals surface area contributed by atoms with Crippen molar-refractivity contribution in [2.45, 2.75) is 64.1 Å². The molecule has 1 aliphatic rings. The SMILES string of the molecule is COc1ccc(OCCCC(=O)N(Cc2c(Cl)cccc2Cl)C(C)C(=O)NC2CCCC2)cc1. The summed E-state index contributed by atoms with van der Waals surface area (Å²) in [6.07, 6.45) is 4.93. The van der Waals surface area contributed by atoms with E-state index in [1.54, 1.807) is 37.1 Å². The molecule has 0 aliphatic heterocycles. The highest BCUT2D eigenvalue weighted by atomic mass is 35.5. The van der Waals surface area contributed by atoms with Crippen LogP contribution in [0.5, 0.6) is 11.5 Å². The Morgan fingerprint density at radius 3 is 2.29 bits per heavy atom. The molecule has 1 atom stereocenters. The molecule has 34 heavy (non-hydrogen) atoms. The summed E-state index contributed by atoms with van der Waals surface area (Å²) in [4.78, 5) is 27.8. The van der Waals surface area contributed by atoms with E-state index in [0.717, 1.165) is 31.4 Å². The number of benzene rings is 2. The number of hydrogen-bond acceptors (Lipinski definition) is 4. The molecule has 1 unspecified atom stereocenters. The predicted octanol–water partition coefficient (Wildman–Crippen LogP) is 5.64. The third-order valence-corrected chi connectivity index (χ3v) is 6.83. The smallest absolute Gasteiger partial charge is 0.242 e. The number of ether oxygens (including phenoxy) is 2. The van der Waals surface area contributed by atoms with Crippen LogP contribution in [-0.2, 0) is 16.1 Å². The van der Waals surface area contributed by atoms with Crippen molar-refractivity contribution in [2.24, 2.45) is 0 Å². The first kappa shape index (κ1) is 26.2. The third kappa shape index (κ3) is 7.28. The zero-order chi connectivity index (χ0) is 24.5. The second-order valence-corrected chi connectivity index (χ2v) is 9.33. The van der Waals surface area contributed by atoms with Gasteiger partial charge in [0.15, 0.2) is 0 Å². The van der Waals surface area contributed by atoms with Crippen molar-refractivity contribution in [2.75, 3.05) is 13.7 Å². The van der Waals surface area contributed by atoms with Crippen LogP contribution >= 0.6 is 23.2 Å². The topological polar surface area (TPSA) is 67.9 Å². The van der Waals surface area contributed by atoms with Crippen molar-refractivity contribution in [3.63, 3.8) is 0 Å².